The number of hydrogen-bond acceptors (Lipinski definition) is 4. The van der Waals surface area contributed by atoms with Gasteiger partial charge in [0.15, 0.2) is 0 Å². The maximum atomic E-state index is 12.0. The average Bonchev–Trinajstić information content (AvgIpc) is 2.34. The van der Waals surface area contributed by atoms with Crippen molar-refractivity contribution in [1.82, 2.24) is 0 Å². The van der Waals surface area contributed by atoms with E-state index in [-0.39, 0.29) is 24.1 Å². The van der Waals surface area contributed by atoms with Crippen LogP contribution in [0.5, 0.6) is 11.5 Å². The molecule has 1 aromatic rings. The van der Waals surface area contributed by atoms with E-state index < -0.39 is 5.51 Å². The fraction of sp³-hybridized carbons (Fsp3) is 0.455. The third kappa shape index (κ3) is 5.28. The standard InChI is InChI=1S/C11H13ClF3NO2S/c1-17-9-6-8(10(18-2)5-7(9)12)16-3-4-19-11(13,14)15/h5-6,16H,3-4H2,1-2H3. The lowest BCUT2D eigenvalue weighted by atomic mass is 10.2. The van der Waals surface area contributed by atoms with Gasteiger partial charge in [-0.15, -0.1) is 0 Å². The van der Waals surface area contributed by atoms with Gasteiger partial charge in [-0.2, -0.15) is 13.2 Å². The molecule has 0 bridgehead atoms. The number of ether oxygens (including phenoxy) is 2. The molecule has 0 radical (unpaired) electrons. The molecule has 0 aliphatic rings. The van der Waals surface area contributed by atoms with Crippen LogP contribution in [0.4, 0.5) is 18.9 Å². The summed E-state index contributed by atoms with van der Waals surface area (Å²) in [6.45, 7) is 0.144. The molecular weight excluding hydrogens is 303 g/mol. The zero-order valence-corrected chi connectivity index (χ0v) is 11.9. The first-order valence-electron chi connectivity index (χ1n) is 5.23. The third-order valence-corrected chi connectivity index (χ3v) is 3.19. The minimum atomic E-state index is -4.22. The lowest BCUT2D eigenvalue weighted by Crippen LogP contribution is -2.10. The monoisotopic (exact) mass is 315 g/mol. The van der Waals surface area contributed by atoms with Crippen LogP contribution < -0.4 is 14.8 Å². The summed E-state index contributed by atoms with van der Waals surface area (Å²) in [6, 6.07) is 3.12. The Morgan fingerprint density at radius 1 is 1.21 bits per heavy atom. The van der Waals surface area contributed by atoms with Crippen molar-refractivity contribution >= 4 is 29.1 Å². The van der Waals surface area contributed by atoms with E-state index in [2.05, 4.69) is 5.32 Å². The Hall–Kier alpha value is -0.950. The highest BCUT2D eigenvalue weighted by atomic mass is 35.5. The van der Waals surface area contributed by atoms with E-state index in [1.807, 2.05) is 0 Å². The molecule has 0 spiro atoms. The van der Waals surface area contributed by atoms with Crippen LogP contribution in [0.15, 0.2) is 12.1 Å². The minimum absolute atomic E-state index is 0.0813. The van der Waals surface area contributed by atoms with E-state index in [0.717, 1.165) is 0 Å². The zero-order valence-electron chi connectivity index (χ0n) is 10.3. The number of benzene rings is 1. The highest BCUT2D eigenvalue weighted by Crippen LogP contribution is 2.36. The fourth-order valence-electron chi connectivity index (χ4n) is 1.35. The Bertz CT molecular complexity index is 429. The van der Waals surface area contributed by atoms with Crippen LogP contribution in [-0.4, -0.2) is 32.0 Å². The predicted octanol–water partition coefficient (Wildman–Crippen LogP) is 4.02. The van der Waals surface area contributed by atoms with Crippen molar-refractivity contribution in [3.8, 4) is 11.5 Å². The number of methoxy groups -OCH3 is 2. The van der Waals surface area contributed by atoms with Crippen LogP contribution in [0.3, 0.4) is 0 Å². The Morgan fingerprint density at radius 2 is 1.84 bits per heavy atom. The summed E-state index contributed by atoms with van der Waals surface area (Å²) in [7, 11) is 2.91. The van der Waals surface area contributed by atoms with Crippen molar-refractivity contribution in [3.63, 3.8) is 0 Å². The molecule has 8 heteroatoms. The molecule has 0 heterocycles. The van der Waals surface area contributed by atoms with Crippen LogP contribution in [0, 0.1) is 0 Å². The number of hydrogen-bond donors (Lipinski definition) is 1. The molecule has 0 saturated carbocycles. The highest BCUT2D eigenvalue weighted by Gasteiger charge is 2.27. The molecular formula is C11H13ClF3NO2S. The first-order chi connectivity index (χ1) is 8.87. The van der Waals surface area contributed by atoms with Gasteiger partial charge in [0.1, 0.15) is 11.5 Å². The van der Waals surface area contributed by atoms with Crippen molar-refractivity contribution in [2.24, 2.45) is 0 Å². The molecule has 0 saturated heterocycles. The van der Waals surface area contributed by atoms with Gasteiger partial charge in [0.05, 0.1) is 24.9 Å². The van der Waals surface area contributed by atoms with E-state index in [0.29, 0.717) is 22.2 Å². The van der Waals surface area contributed by atoms with Gasteiger partial charge in [0.25, 0.3) is 0 Å². The minimum Gasteiger partial charge on any atom is -0.495 e. The van der Waals surface area contributed by atoms with Crippen molar-refractivity contribution in [2.45, 2.75) is 5.51 Å². The van der Waals surface area contributed by atoms with E-state index in [1.54, 1.807) is 12.1 Å². The molecule has 19 heavy (non-hydrogen) atoms. The van der Waals surface area contributed by atoms with Gasteiger partial charge in [0, 0.05) is 24.4 Å². The van der Waals surface area contributed by atoms with Crippen molar-refractivity contribution in [2.75, 3.05) is 31.8 Å². The molecule has 0 aliphatic carbocycles. The molecule has 0 atom stereocenters. The normalized spacial score (nSPS) is 11.3. The van der Waals surface area contributed by atoms with Crippen LogP contribution in [-0.2, 0) is 0 Å². The lowest BCUT2D eigenvalue weighted by Gasteiger charge is -2.14. The Morgan fingerprint density at radius 3 is 2.37 bits per heavy atom. The Labute approximate surface area is 118 Å². The molecule has 1 aromatic carbocycles. The highest BCUT2D eigenvalue weighted by molar-refractivity contribution is 8.00. The van der Waals surface area contributed by atoms with Gasteiger partial charge < -0.3 is 14.8 Å². The molecule has 1 rings (SSSR count). The Balaban J connectivity index is 2.66. The quantitative estimate of drug-likeness (QED) is 0.803. The fourth-order valence-corrected chi connectivity index (χ4v) is 2.02. The molecule has 0 aromatic heterocycles. The summed E-state index contributed by atoms with van der Waals surface area (Å²) in [4.78, 5) is 0. The van der Waals surface area contributed by atoms with Crippen LogP contribution in [0.25, 0.3) is 0 Å². The van der Waals surface area contributed by atoms with Gasteiger partial charge in [0.2, 0.25) is 0 Å². The third-order valence-electron chi connectivity index (χ3n) is 2.16. The first kappa shape index (κ1) is 16.1. The van der Waals surface area contributed by atoms with E-state index in [1.165, 1.54) is 14.2 Å². The molecule has 0 aliphatic heterocycles. The lowest BCUT2D eigenvalue weighted by molar-refractivity contribution is -0.0327. The summed E-state index contributed by atoms with van der Waals surface area (Å²) in [5.74, 6) is 0.772. The van der Waals surface area contributed by atoms with Crippen LogP contribution >= 0.6 is 23.4 Å². The predicted molar refractivity (Wildman–Crippen MR) is 71.6 cm³/mol. The average molecular weight is 316 g/mol. The summed E-state index contributed by atoms with van der Waals surface area (Å²) in [5, 5.41) is 3.22. The number of anilines is 1. The number of nitrogens with one attached hydrogen (secondary N) is 1. The summed E-state index contributed by atoms with van der Waals surface area (Å²) < 4.78 is 46.0. The maximum Gasteiger partial charge on any atom is 0.441 e. The number of alkyl halides is 3. The molecule has 108 valence electrons. The number of halogens is 4. The van der Waals surface area contributed by atoms with Gasteiger partial charge in [-0.3, -0.25) is 0 Å². The molecule has 0 unspecified atom stereocenters. The van der Waals surface area contributed by atoms with Crippen LogP contribution in [0.2, 0.25) is 5.02 Å². The second-order valence-electron chi connectivity index (χ2n) is 3.41. The van der Waals surface area contributed by atoms with Gasteiger partial charge in [-0.1, -0.05) is 11.6 Å². The van der Waals surface area contributed by atoms with Crippen molar-refractivity contribution in [3.05, 3.63) is 17.2 Å². The SMILES string of the molecule is COc1cc(NCCSC(F)(F)F)c(OC)cc1Cl. The van der Waals surface area contributed by atoms with Crippen molar-refractivity contribution in [1.29, 1.82) is 0 Å². The Kier molecular flexibility index (Phi) is 5.93. The molecule has 3 nitrogen and oxygen atoms in total. The smallest absolute Gasteiger partial charge is 0.441 e. The number of rotatable bonds is 6. The summed E-state index contributed by atoms with van der Waals surface area (Å²) >= 11 is 5.83. The summed E-state index contributed by atoms with van der Waals surface area (Å²) in [5.41, 5.74) is -3.68. The largest absolute Gasteiger partial charge is 0.495 e. The van der Waals surface area contributed by atoms with E-state index >= 15 is 0 Å². The van der Waals surface area contributed by atoms with E-state index in [4.69, 9.17) is 21.1 Å². The van der Waals surface area contributed by atoms with Gasteiger partial charge in [-0.25, -0.2) is 0 Å². The first-order valence-corrected chi connectivity index (χ1v) is 6.60. The molecule has 1 N–H and O–H groups in total. The maximum absolute atomic E-state index is 12.0. The topological polar surface area (TPSA) is 30.5 Å². The van der Waals surface area contributed by atoms with Crippen LogP contribution in [0.1, 0.15) is 0 Å². The van der Waals surface area contributed by atoms with Gasteiger partial charge in [-0.05, 0) is 11.8 Å². The molecule has 0 amide bonds. The van der Waals surface area contributed by atoms with Gasteiger partial charge >= 0.3 is 5.51 Å². The number of thioether (sulfide) groups is 1. The van der Waals surface area contributed by atoms with Crippen molar-refractivity contribution < 1.29 is 22.6 Å². The second-order valence-corrected chi connectivity index (χ2v) is 4.98. The summed E-state index contributed by atoms with van der Waals surface area (Å²) in [6.07, 6.45) is 0. The zero-order chi connectivity index (χ0) is 14.5. The molecule has 0 fully saturated rings. The second kappa shape index (κ2) is 7.00. The van der Waals surface area contributed by atoms with E-state index in [9.17, 15) is 13.2 Å².